The first-order valence-corrected chi connectivity index (χ1v) is 6.88. The number of carbonyl (C=O) groups excluding carboxylic acids is 1. The summed E-state index contributed by atoms with van der Waals surface area (Å²) in [6.45, 7) is 6.01. The lowest BCUT2D eigenvalue weighted by atomic mass is 10.1. The van der Waals surface area contributed by atoms with Crippen molar-refractivity contribution in [3.05, 3.63) is 35.6 Å². The summed E-state index contributed by atoms with van der Waals surface area (Å²) in [6.07, 6.45) is 1.75. The van der Waals surface area contributed by atoms with Crippen molar-refractivity contribution in [1.82, 2.24) is 10.2 Å². The van der Waals surface area contributed by atoms with Gasteiger partial charge in [-0.1, -0.05) is 25.5 Å². The lowest BCUT2D eigenvalue weighted by Gasteiger charge is -2.30. The van der Waals surface area contributed by atoms with Gasteiger partial charge in [0.25, 0.3) is 0 Å². The van der Waals surface area contributed by atoms with Crippen molar-refractivity contribution < 1.29 is 9.18 Å². The van der Waals surface area contributed by atoms with Crippen LogP contribution in [0.25, 0.3) is 0 Å². The Morgan fingerprint density at radius 1 is 1.47 bits per heavy atom. The molecule has 2 rings (SSSR count). The Balaban J connectivity index is 2.29. The Morgan fingerprint density at radius 3 is 2.84 bits per heavy atom. The smallest absolute Gasteiger partial charge is 0.241 e. The van der Waals surface area contributed by atoms with Crippen LogP contribution in [0.15, 0.2) is 24.3 Å². The van der Waals surface area contributed by atoms with E-state index < -0.39 is 0 Å². The molecule has 1 aromatic rings. The van der Waals surface area contributed by atoms with Crippen LogP contribution >= 0.6 is 0 Å². The molecule has 1 aromatic carbocycles. The minimum absolute atomic E-state index is 0.0928. The van der Waals surface area contributed by atoms with Crippen LogP contribution in [0.4, 0.5) is 4.39 Å². The molecule has 3 atom stereocenters. The van der Waals surface area contributed by atoms with Crippen LogP contribution in [0.5, 0.6) is 0 Å². The first-order valence-electron chi connectivity index (χ1n) is 6.88. The lowest BCUT2D eigenvalue weighted by molar-refractivity contribution is -0.131. The van der Waals surface area contributed by atoms with Crippen molar-refractivity contribution >= 4 is 5.91 Å². The maximum absolute atomic E-state index is 13.4. The van der Waals surface area contributed by atoms with E-state index in [-0.39, 0.29) is 30.0 Å². The van der Waals surface area contributed by atoms with Gasteiger partial charge in [0.1, 0.15) is 12.0 Å². The van der Waals surface area contributed by atoms with Crippen molar-refractivity contribution in [1.29, 1.82) is 0 Å². The summed E-state index contributed by atoms with van der Waals surface area (Å²) < 4.78 is 13.4. The van der Waals surface area contributed by atoms with E-state index in [4.69, 9.17) is 0 Å². The van der Waals surface area contributed by atoms with Crippen LogP contribution in [0.1, 0.15) is 45.3 Å². The van der Waals surface area contributed by atoms with Crippen molar-refractivity contribution in [2.75, 3.05) is 0 Å². The number of nitrogens with zero attached hydrogens (tertiary/aromatic N) is 1. The monoisotopic (exact) mass is 264 g/mol. The number of amides is 1. The van der Waals surface area contributed by atoms with Gasteiger partial charge in [-0.05, 0) is 38.0 Å². The number of rotatable bonds is 4. The summed E-state index contributed by atoms with van der Waals surface area (Å²) in [4.78, 5) is 14.1. The van der Waals surface area contributed by atoms with E-state index in [9.17, 15) is 9.18 Å². The molecular weight excluding hydrogens is 243 g/mol. The lowest BCUT2D eigenvalue weighted by Crippen LogP contribution is -2.38. The molecule has 19 heavy (non-hydrogen) atoms. The average Bonchev–Trinajstić information content (AvgIpc) is 2.66. The molecule has 0 saturated carbocycles. The van der Waals surface area contributed by atoms with Crippen LogP contribution < -0.4 is 5.32 Å². The third-order valence-electron chi connectivity index (χ3n) is 3.66. The second-order valence-corrected chi connectivity index (χ2v) is 5.23. The van der Waals surface area contributed by atoms with E-state index in [0.29, 0.717) is 0 Å². The molecule has 0 aromatic heterocycles. The Morgan fingerprint density at radius 2 is 2.21 bits per heavy atom. The zero-order chi connectivity index (χ0) is 14.0. The van der Waals surface area contributed by atoms with Gasteiger partial charge in [-0.15, -0.1) is 0 Å². The van der Waals surface area contributed by atoms with Crippen LogP contribution in [-0.4, -0.2) is 22.9 Å². The second kappa shape index (κ2) is 5.70. The minimum Gasteiger partial charge on any atom is -0.319 e. The zero-order valence-corrected chi connectivity index (χ0v) is 11.7. The number of carbonyl (C=O) groups is 1. The average molecular weight is 264 g/mol. The van der Waals surface area contributed by atoms with E-state index in [0.717, 1.165) is 18.4 Å². The molecule has 1 aliphatic rings. The number of nitrogens with one attached hydrogen (secondary N) is 1. The summed E-state index contributed by atoms with van der Waals surface area (Å²) in [6, 6.07) is 6.40. The summed E-state index contributed by atoms with van der Waals surface area (Å²) >= 11 is 0. The predicted octanol–water partition coefficient (Wildman–Crippen LogP) is 2.83. The Bertz CT molecular complexity index is 463. The second-order valence-electron chi connectivity index (χ2n) is 5.23. The predicted molar refractivity (Wildman–Crippen MR) is 73.0 cm³/mol. The molecule has 1 aliphatic heterocycles. The number of benzene rings is 1. The van der Waals surface area contributed by atoms with E-state index in [1.165, 1.54) is 12.1 Å². The van der Waals surface area contributed by atoms with E-state index in [2.05, 4.69) is 12.2 Å². The van der Waals surface area contributed by atoms with Gasteiger partial charge in [-0.25, -0.2) is 4.39 Å². The largest absolute Gasteiger partial charge is 0.319 e. The first-order chi connectivity index (χ1) is 9.04. The quantitative estimate of drug-likeness (QED) is 0.907. The van der Waals surface area contributed by atoms with Gasteiger partial charge in [0.05, 0.1) is 6.04 Å². The van der Waals surface area contributed by atoms with E-state index >= 15 is 0 Å². The van der Waals surface area contributed by atoms with Gasteiger partial charge in [0, 0.05) is 6.04 Å². The molecule has 0 aliphatic carbocycles. The maximum Gasteiger partial charge on any atom is 0.241 e. The van der Waals surface area contributed by atoms with Crippen LogP contribution in [0.2, 0.25) is 0 Å². The molecule has 0 bridgehead atoms. The van der Waals surface area contributed by atoms with Crippen LogP contribution in [0.3, 0.4) is 0 Å². The van der Waals surface area contributed by atoms with Gasteiger partial charge >= 0.3 is 0 Å². The van der Waals surface area contributed by atoms with Gasteiger partial charge in [0.15, 0.2) is 0 Å². The molecule has 1 heterocycles. The van der Waals surface area contributed by atoms with Gasteiger partial charge in [-0.3, -0.25) is 10.1 Å². The summed E-state index contributed by atoms with van der Waals surface area (Å²) in [7, 11) is 0. The number of halogens is 1. The summed E-state index contributed by atoms with van der Waals surface area (Å²) in [5, 5.41) is 3.25. The topological polar surface area (TPSA) is 32.3 Å². The van der Waals surface area contributed by atoms with Crippen molar-refractivity contribution in [3.63, 3.8) is 0 Å². The highest BCUT2D eigenvalue weighted by Gasteiger charge is 2.39. The van der Waals surface area contributed by atoms with Gasteiger partial charge in [0.2, 0.25) is 5.91 Å². The van der Waals surface area contributed by atoms with Crippen LogP contribution in [0, 0.1) is 5.82 Å². The molecule has 3 nitrogen and oxygen atoms in total. The van der Waals surface area contributed by atoms with E-state index in [1.807, 2.05) is 24.8 Å². The Hall–Kier alpha value is -1.42. The van der Waals surface area contributed by atoms with Gasteiger partial charge < -0.3 is 4.90 Å². The minimum atomic E-state index is -0.269. The molecule has 0 radical (unpaired) electrons. The molecule has 104 valence electrons. The van der Waals surface area contributed by atoms with Crippen LogP contribution in [-0.2, 0) is 4.79 Å². The summed E-state index contributed by atoms with van der Waals surface area (Å²) in [5.74, 6) is -0.176. The fourth-order valence-electron chi connectivity index (χ4n) is 2.70. The maximum atomic E-state index is 13.4. The third kappa shape index (κ3) is 2.78. The first kappa shape index (κ1) is 14.0. The SMILES string of the molecule is CCCC(C)N1C(=O)C(C)NC1c1cccc(F)c1. The number of hydrogen-bond donors (Lipinski definition) is 1. The Kier molecular flexibility index (Phi) is 4.20. The fraction of sp³-hybridized carbons (Fsp3) is 0.533. The molecule has 4 heteroatoms. The van der Waals surface area contributed by atoms with E-state index in [1.54, 1.807) is 6.07 Å². The standard InChI is InChI=1S/C15H21FN2O/c1-4-6-10(2)18-14(17-11(3)15(18)19)12-7-5-8-13(16)9-12/h5,7-11,14,17H,4,6H2,1-3H3. The molecule has 1 amide bonds. The molecule has 1 saturated heterocycles. The third-order valence-corrected chi connectivity index (χ3v) is 3.66. The van der Waals surface area contributed by atoms with Crippen molar-refractivity contribution in [2.24, 2.45) is 0 Å². The fourth-order valence-corrected chi connectivity index (χ4v) is 2.70. The normalized spacial score (nSPS) is 24.8. The van der Waals surface area contributed by atoms with Crippen molar-refractivity contribution in [3.8, 4) is 0 Å². The molecule has 1 fully saturated rings. The Labute approximate surface area is 113 Å². The molecule has 3 unspecified atom stereocenters. The molecule has 1 N–H and O–H groups in total. The van der Waals surface area contributed by atoms with Crippen molar-refractivity contribution in [2.45, 2.75) is 51.9 Å². The molecule has 0 spiro atoms. The number of hydrogen-bond acceptors (Lipinski definition) is 2. The summed E-state index contributed by atoms with van der Waals surface area (Å²) in [5.41, 5.74) is 0.806. The van der Waals surface area contributed by atoms with Gasteiger partial charge in [-0.2, -0.15) is 0 Å². The molecular formula is C15H21FN2O. The highest BCUT2D eigenvalue weighted by molar-refractivity contribution is 5.84. The highest BCUT2D eigenvalue weighted by Crippen LogP contribution is 2.29. The zero-order valence-electron chi connectivity index (χ0n) is 11.7. The highest BCUT2D eigenvalue weighted by atomic mass is 19.1.